The normalized spacial score (nSPS) is 13.8. The Labute approximate surface area is 186 Å². The summed E-state index contributed by atoms with van der Waals surface area (Å²) in [5.74, 6) is 1.59. The smallest absolute Gasteiger partial charge is 0.321 e. The predicted molar refractivity (Wildman–Crippen MR) is 123 cm³/mol. The molecule has 1 aliphatic heterocycles. The topological polar surface area (TPSA) is 70.6 Å². The van der Waals surface area contributed by atoms with Gasteiger partial charge in [0.1, 0.15) is 5.75 Å². The molecule has 1 fully saturated rings. The van der Waals surface area contributed by atoms with Gasteiger partial charge < -0.3 is 19.9 Å². The third-order valence-electron chi connectivity index (χ3n) is 5.33. The second kappa shape index (κ2) is 9.22. The molecule has 31 heavy (non-hydrogen) atoms. The lowest BCUT2D eigenvalue weighted by Gasteiger charge is -2.35. The molecule has 1 N–H and O–H groups in total. The van der Waals surface area contributed by atoms with E-state index in [1.54, 1.807) is 18.1 Å². The summed E-state index contributed by atoms with van der Waals surface area (Å²) in [6, 6.07) is 17.0. The van der Waals surface area contributed by atoms with Gasteiger partial charge in [0.05, 0.1) is 12.8 Å². The summed E-state index contributed by atoms with van der Waals surface area (Å²) in [5, 5.41) is 12.3. The first kappa shape index (κ1) is 20.9. The lowest BCUT2D eigenvalue weighted by molar-refractivity contribution is 0.208. The SMILES string of the molecule is COc1cccc(-c2ccc(N3CCN(C(=O)Nc4ccc(C)c(Cl)c4)CC3)nn2)c1. The zero-order valence-electron chi connectivity index (χ0n) is 17.5. The molecule has 2 aromatic carbocycles. The van der Waals surface area contributed by atoms with E-state index >= 15 is 0 Å². The maximum absolute atomic E-state index is 12.6. The molecule has 4 rings (SSSR count). The van der Waals surface area contributed by atoms with E-state index in [2.05, 4.69) is 20.4 Å². The molecule has 3 aromatic rings. The van der Waals surface area contributed by atoms with Gasteiger partial charge in [-0.25, -0.2) is 4.79 Å². The minimum absolute atomic E-state index is 0.126. The number of urea groups is 1. The Morgan fingerprint density at radius 1 is 1.03 bits per heavy atom. The average Bonchev–Trinajstić information content (AvgIpc) is 2.82. The van der Waals surface area contributed by atoms with E-state index < -0.39 is 0 Å². The predicted octanol–water partition coefficient (Wildman–Crippen LogP) is 4.47. The number of nitrogens with zero attached hydrogens (tertiary/aromatic N) is 4. The van der Waals surface area contributed by atoms with Gasteiger partial charge in [-0.2, -0.15) is 0 Å². The number of anilines is 2. The van der Waals surface area contributed by atoms with Crippen LogP contribution in [0.15, 0.2) is 54.6 Å². The first-order chi connectivity index (χ1) is 15.0. The average molecular weight is 438 g/mol. The van der Waals surface area contributed by atoms with Crippen LogP contribution in [-0.2, 0) is 0 Å². The number of nitrogens with one attached hydrogen (secondary N) is 1. The number of benzene rings is 2. The summed E-state index contributed by atoms with van der Waals surface area (Å²) in [6.45, 7) is 4.51. The Hall–Kier alpha value is -3.32. The Balaban J connectivity index is 1.35. The Morgan fingerprint density at radius 3 is 2.52 bits per heavy atom. The van der Waals surface area contributed by atoms with Crippen molar-refractivity contribution in [3.63, 3.8) is 0 Å². The number of piperazine rings is 1. The molecule has 0 bridgehead atoms. The van der Waals surface area contributed by atoms with E-state index in [1.165, 1.54) is 0 Å². The van der Waals surface area contributed by atoms with Gasteiger partial charge in [-0.3, -0.25) is 0 Å². The lowest BCUT2D eigenvalue weighted by atomic mass is 10.1. The van der Waals surface area contributed by atoms with E-state index in [0.717, 1.165) is 28.4 Å². The fourth-order valence-electron chi connectivity index (χ4n) is 3.44. The molecule has 0 saturated carbocycles. The highest BCUT2D eigenvalue weighted by atomic mass is 35.5. The van der Waals surface area contributed by atoms with Gasteiger partial charge >= 0.3 is 6.03 Å². The molecule has 0 atom stereocenters. The summed E-state index contributed by atoms with van der Waals surface area (Å²) >= 11 is 6.14. The lowest BCUT2D eigenvalue weighted by Crippen LogP contribution is -2.50. The van der Waals surface area contributed by atoms with Crippen LogP contribution in [0.25, 0.3) is 11.3 Å². The van der Waals surface area contributed by atoms with E-state index in [0.29, 0.717) is 36.9 Å². The van der Waals surface area contributed by atoms with Crippen LogP contribution < -0.4 is 15.0 Å². The number of ether oxygens (including phenoxy) is 1. The molecule has 0 aliphatic carbocycles. The number of methoxy groups -OCH3 is 1. The molecular weight excluding hydrogens is 414 g/mol. The number of rotatable bonds is 4. The molecule has 1 saturated heterocycles. The minimum Gasteiger partial charge on any atom is -0.497 e. The third-order valence-corrected chi connectivity index (χ3v) is 5.74. The van der Waals surface area contributed by atoms with Gasteiger partial charge in [-0.05, 0) is 48.9 Å². The van der Waals surface area contributed by atoms with Crippen LogP contribution in [0, 0.1) is 6.92 Å². The van der Waals surface area contributed by atoms with Crippen molar-refractivity contribution in [3.8, 4) is 17.0 Å². The number of halogens is 1. The van der Waals surface area contributed by atoms with E-state index in [-0.39, 0.29) is 6.03 Å². The molecule has 1 aliphatic rings. The number of carbonyl (C=O) groups excluding carboxylic acids is 1. The van der Waals surface area contributed by atoms with Gasteiger partial charge in [0, 0.05) is 42.5 Å². The highest BCUT2D eigenvalue weighted by Crippen LogP contribution is 2.24. The quantitative estimate of drug-likeness (QED) is 0.652. The number of aromatic nitrogens is 2. The van der Waals surface area contributed by atoms with Crippen LogP contribution in [0.5, 0.6) is 5.75 Å². The fourth-order valence-corrected chi connectivity index (χ4v) is 3.62. The monoisotopic (exact) mass is 437 g/mol. The molecule has 1 aromatic heterocycles. The first-order valence-corrected chi connectivity index (χ1v) is 10.5. The van der Waals surface area contributed by atoms with Crippen molar-refractivity contribution in [1.29, 1.82) is 0 Å². The van der Waals surface area contributed by atoms with E-state index in [9.17, 15) is 4.79 Å². The Kier molecular flexibility index (Phi) is 6.23. The van der Waals surface area contributed by atoms with Crippen molar-refractivity contribution in [2.45, 2.75) is 6.92 Å². The van der Waals surface area contributed by atoms with Gasteiger partial charge in [0.25, 0.3) is 0 Å². The van der Waals surface area contributed by atoms with E-state index in [4.69, 9.17) is 16.3 Å². The molecule has 2 heterocycles. The Morgan fingerprint density at radius 2 is 1.84 bits per heavy atom. The zero-order chi connectivity index (χ0) is 21.8. The molecule has 0 unspecified atom stereocenters. The maximum Gasteiger partial charge on any atom is 0.321 e. The summed E-state index contributed by atoms with van der Waals surface area (Å²) in [6.07, 6.45) is 0. The number of aryl methyl sites for hydroxylation is 1. The van der Waals surface area contributed by atoms with Crippen LogP contribution in [0.3, 0.4) is 0 Å². The molecule has 160 valence electrons. The van der Waals surface area contributed by atoms with Crippen molar-refractivity contribution in [1.82, 2.24) is 15.1 Å². The highest BCUT2D eigenvalue weighted by molar-refractivity contribution is 6.31. The van der Waals surface area contributed by atoms with Crippen molar-refractivity contribution in [2.24, 2.45) is 0 Å². The van der Waals surface area contributed by atoms with Crippen molar-refractivity contribution in [3.05, 3.63) is 65.2 Å². The summed E-state index contributed by atoms with van der Waals surface area (Å²) in [4.78, 5) is 16.5. The van der Waals surface area contributed by atoms with E-state index in [1.807, 2.05) is 55.5 Å². The van der Waals surface area contributed by atoms with Crippen LogP contribution in [0.1, 0.15) is 5.56 Å². The fraction of sp³-hybridized carbons (Fsp3) is 0.261. The Bertz CT molecular complexity index is 1070. The van der Waals surface area contributed by atoms with Gasteiger partial charge in [-0.15, -0.1) is 10.2 Å². The number of hydrogen-bond acceptors (Lipinski definition) is 5. The van der Waals surface area contributed by atoms with Gasteiger partial charge in [-0.1, -0.05) is 29.8 Å². The van der Waals surface area contributed by atoms with Gasteiger partial charge in [0.15, 0.2) is 5.82 Å². The van der Waals surface area contributed by atoms with Crippen molar-refractivity contribution < 1.29 is 9.53 Å². The van der Waals surface area contributed by atoms with Crippen LogP contribution >= 0.6 is 11.6 Å². The summed E-state index contributed by atoms with van der Waals surface area (Å²) in [7, 11) is 1.64. The number of hydrogen-bond donors (Lipinski definition) is 1. The largest absolute Gasteiger partial charge is 0.497 e. The summed E-state index contributed by atoms with van der Waals surface area (Å²) in [5.41, 5.74) is 3.42. The maximum atomic E-state index is 12.6. The van der Waals surface area contributed by atoms with Crippen molar-refractivity contribution >= 4 is 29.1 Å². The molecule has 8 heteroatoms. The van der Waals surface area contributed by atoms with Crippen LogP contribution in [-0.4, -0.2) is 54.4 Å². The molecular formula is C23H24ClN5O2. The number of carbonyl (C=O) groups is 1. The number of amides is 2. The standard InChI is InChI=1S/C23H24ClN5O2/c1-16-6-7-18(15-20(16)24)25-23(30)29-12-10-28(11-13-29)22-9-8-21(26-27-22)17-4-3-5-19(14-17)31-2/h3-9,14-15H,10-13H2,1-2H3,(H,25,30). The third kappa shape index (κ3) is 4.88. The second-order valence-electron chi connectivity index (χ2n) is 7.38. The van der Waals surface area contributed by atoms with Crippen LogP contribution in [0.2, 0.25) is 5.02 Å². The van der Waals surface area contributed by atoms with Crippen molar-refractivity contribution in [2.75, 3.05) is 43.5 Å². The molecule has 2 amide bonds. The molecule has 0 radical (unpaired) electrons. The second-order valence-corrected chi connectivity index (χ2v) is 7.78. The summed E-state index contributed by atoms with van der Waals surface area (Å²) < 4.78 is 5.27. The molecule has 7 nitrogen and oxygen atoms in total. The van der Waals surface area contributed by atoms with Gasteiger partial charge in [0.2, 0.25) is 0 Å². The highest BCUT2D eigenvalue weighted by Gasteiger charge is 2.22. The zero-order valence-corrected chi connectivity index (χ0v) is 18.3. The minimum atomic E-state index is -0.126. The molecule has 0 spiro atoms. The van der Waals surface area contributed by atoms with Crippen LogP contribution in [0.4, 0.5) is 16.3 Å². The first-order valence-electron chi connectivity index (χ1n) is 10.1.